The number of benzene rings is 2. The van der Waals surface area contributed by atoms with Crippen LogP contribution in [0.1, 0.15) is 42.9 Å². The predicted molar refractivity (Wildman–Crippen MR) is 143 cm³/mol. The van der Waals surface area contributed by atoms with E-state index in [1.54, 1.807) is 11.1 Å². The fourth-order valence-electron chi connectivity index (χ4n) is 4.45. The molecule has 4 rings (SSSR count). The third-order valence-corrected chi connectivity index (χ3v) is 6.78. The Labute approximate surface area is 228 Å². The summed E-state index contributed by atoms with van der Waals surface area (Å²) in [6.07, 6.45) is -0.00824. The Kier molecular flexibility index (Phi) is 8.55. The highest BCUT2D eigenvalue weighted by molar-refractivity contribution is 6.38. The number of halogens is 4. The molecule has 0 aromatic heterocycles. The molecule has 0 spiro atoms. The molecule has 2 aromatic carbocycles. The second kappa shape index (κ2) is 11.9. The molecular weight excluding hydrogens is 530 g/mol. The molecule has 1 aliphatic heterocycles. The molecule has 0 amide bonds. The molecule has 0 radical (unpaired) electrons. The molecule has 0 unspecified atom stereocenters. The van der Waals surface area contributed by atoms with Crippen molar-refractivity contribution in [1.29, 1.82) is 0 Å². The fraction of sp³-hybridized carbons (Fsp3) is 0.357. The molecule has 0 bridgehead atoms. The summed E-state index contributed by atoms with van der Waals surface area (Å²) in [5.74, 6) is -2.95. The minimum absolute atomic E-state index is 0.00793. The van der Waals surface area contributed by atoms with Crippen molar-refractivity contribution in [3.05, 3.63) is 76.9 Å². The molecule has 1 heterocycles. The number of carboxylic acid groups (broad SMARTS) is 1. The number of alkyl halides is 3. The average molecular weight is 560 g/mol. The summed E-state index contributed by atoms with van der Waals surface area (Å²) in [4.78, 5) is 26.0. The van der Waals surface area contributed by atoms with Crippen LogP contribution in [-0.2, 0) is 11.3 Å². The topological polar surface area (TPSA) is 98.9 Å². The van der Waals surface area contributed by atoms with E-state index in [2.05, 4.69) is 25.0 Å². The van der Waals surface area contributed by atoms with Crippen molar-refractivity contribution >= 4 is 23.5 Å². The van der Waals surface area contributed by atoms with E-state index >= 15 is 0 Å². The lowest BCUT2D eigenvalue weighted by Gasteiger charge is -2.32. The summed E-state index contributed by atoms with van der Waals surface area (Å²) >= 11 is 0. The Bertz CT molecular complexity index is 1400. The van der Waals surface area contributed by atoms with Gasteiger partial charge in [-0.1, -0.05) is 36.2 Å². The summed E-state index contributed by atoms with van der Waals surface area (Å²) in [7, 11) is 1.30. The van der Waals surface area contributed by atoms with Crippen LogP contribution in [0.15, 0.2) is 69.3 Å². The molecule has 12 heteroatoms. The number of aliphatic carboxylic acids is 1. The first-order chi connectivity index (χ1) is 18.9. The van der Waals surface area contributed by atoms with Crippen molar-refractivity contribution in [3.8, 4) is 5.75 Å². The average Bonchev–Trinajstić information content (AvgIpc) is 3.17. The van der Waals surface area contributed by atoms with Gasteiger partial charge in [-0.15, -0.1) is 13.2 Å². The van der Waals surface area contributed by atoms with Crippen molar-refractivity contribution in [2.75, 3.05) is 7.05 Å². The van der Waals surface area contributed by atoms with E-state index in [-0.39, 0.29) is 18.4 Å². The summed E-state index contributed by atoms with van der Waals surface area (Å²) in [6.45, 7) is 3.94. The van der Waals surface area contributed by atoms with E-state index in [1.165, 1.54) is 13.1 Å². The zero-order chi connectivity index (χ0) is 29.0. The van der Waals surface area contributed by atoms with E-state index in [0.717, 1.165) is 37.0 Å². The van der Waals surface area contributed by atoms with Gasteiger partial charge in [0.2, 0.25) is 5.84 Å². The molecule has 0 saturated heterocycles. The van der Waals surface area contributed by atoms with Crippen molar-refractivity contribution in [2.24, 2.45) is 20.9 Å². The van der Waals surface area contributed by atoms with Gasteiger partial charge in [-0.05, 0) is 56.4 Å². The zero-order valence-electron chi connectivity index (χ0n) is 22.2. The number of carbonyl (C=O) groups is 1. The van der Waals surface area contributed by atoms with Gasteiger partial charge in [0.05, 0.1) is 0 Å². The quantitative estimate of drug-likeness (QED) is 0.268. The summed E-state index contributed by atoms with van der Waals surface area (Å²) in [5, 5.41) is 12.9. The SMILES string of the molecule is C\N=C(/N=C1/N=C(c2cccc(C)c2)N(Cc2ccc(OC(F)(F)F)c(F)c2)/C1=C\N[C@H](C)C1CCC1)C(=O)O. The van der Waals surface area contributed by atoms with Gasteiger partial charge in [-0.3, -0.25) is 4.99 Å². The Morgan fingerprint density at radius 1 is 1.27 bits per heavy atom. The van der Waals surface area contributed by atoms with Crippen molar-refractivity contribution in [2.45, 2.75) is 52.1 Å². The largest absolute Gasteiger partial charge is 0.573 e. The van der Waals surface area contributed by atoms with Gasteiger partial charge in [0, 0.05) is 31.4 Å². The van der Waals surface area contributed by atoms with Crippen LogP contribution in [0.5, 0.6) is 5.75 Å². The predicted octanol–water partition coefficient (Wildman–Crippen LogP) is 5.43. The van der Waals surface area contributed by atoms with Crippen LogP contribution in [-0.4, -0.2) is 52.9 Å². The van der Waals surface area contributed by atoms with E-state index in [0.29, 0.717) is 28.6 Å². The van der Waals surface area contributed by atoms with E-state index in [4.69, 9.17) is 0 Å². The molecule has 40 heavy (non-hydrogen) atoms. The maximum atomic E-state index is 14.6. The van der Waals surface area contributed by atoms with Gasteiger partial charge < -0.3 is 20.1 Å². The number of amidine groups is 3. The normalized spacial score (nSPS) is 19.0. The van der Waals surface area contributed by atoms with Crippen molar-refractivity contribution in [1.82, 2.24) is 10.2 Å². The van der Waals surface area contributed by atoms with Crippen LogP contribution in [0, 0.1) is 18.7 Å². The number of carboxylic acids is 1. The number of hydrogen-bond donors (Lipinski definition) is 2. The van der Waals surface area contributed by atoms with Crippen LogP contribution in [0.2, 0.25) is 0 Å². The molecule has 2 aromatic rings. The van der Waals surface area contributed by atoms with Crippen molar-refractivity contribution < 1.29 is 32.2 Å². The first-order valence-corrected chi connectivity index (χ1v) is 12.7. The second-order valence-electron chi connectivity index (χ2n) is 9.67. The number of nitrogens with zero attached hydrogens (tertiary/aromatic N) is 4. The van der Waals surface area contributed by atoms with Gasteiger partial charge >= 0.3 is 12.3 Å². The Hall–Kier alpha value is -4.22. The fourth-order valence-corrected chi connectivity index (χ4v) is 4.45. The Balaban J connectivity index is 1.78. The molecule has 2 aliphatic rings. The molecule has 212 valence electrons. The van der Waals surface area contributed by atoms with Gasteiger partial charge in [0.1, 0.15) is 11.5 Å². The maximum Gasteiger partial charge on any atom is 0.573 e. The number of aryl methyl sites for hydroxylation is 1. The lowest BCUT2D eigenvalue weighted by Crippen LogP contribution is -2.36. The van der Waals surface area contributed by atoms with Crippen LogP contribution in [0.25, 0.3) is 0 Å². The monoisotopic (exact) mass is 559 g/mol. The van der Waals surface area contributed by atoms with Gasteiger partial charge in [0.15, 0.2) is 17.4 Å². The number of nitrogens with one attached hydrogen (secondary N) is 1. The first-order valence-electron chi connectivity index (χ1n) is 12.7. The first kappa shape index (κ1) is 28.8. The van der Waals surface area contributed by atoms with Gasteiger partial charge in [-0.25, -0.2) is 19.2 Å². The number of ether oxygens (including phenoxy) is 1. The number of rotatable bonds is 7. The van der Waals surface area contributed by atoms with E-state index < -0.39 is 29.7 Å². The summed E-state index contributed by atoms with van der Waals surface area (Å²) in [6, 6.07) is 10.7. The number of hydrogen-bond acceptors (Lipinski definition) is 5. The highest BCUT2D eigenvalue weighted by atomic mass is 19.4. The lowest BCUT2D eigenvalue weighted by molar-refractivity contribution is -0.275. The van der Waals surface area contributed by atoms with Crippen LogP contribution >= 0.6 is 0 Å². The minimum atomic E-state index is -5.03. The molecule has 1 saturated carbocycles. The van der Waals surface area contributed by atoms with Gasteiger partial charge in [-0.2, -0.15) is 0 Å². The molecular formula is C28H29F4N5O3. The summed E-state index contributed by atoms with van der Waals surface area (Å²) in [5.41, 5.74) is 2.36. The Morgan fingerprint density at radius 2 is 2.02 bits per heavy atom. The summed E-state index contributed by atoms with van der Waals surface area (Å²) < 4.78 is 56.3. The van der Waals surface area contributed by atoms with Crippen LogP contribution < -0.4 is 10.1 Å². The van der Waals surface area contributed by atoms with E-state index in [1.807, 2.05) is 38.1 Å². The van der Waals surface area contributed by atoms with E-state index in [9.17, 15) is 27.5 Å². The van der Waals surface area contributed by atoms with Crippen LogP contribution in [0.3, 0.4) is 0 Å². The number of aliphatic imine (C=N–C) groups is 3. The molecule has 1 atom stereocenters. The van der Waals surface area contributed by atoms with Crippen molar-refractivity contribution in [3.63, 3.8) is 0 Å². The Morgan fingerprint density at radius 3 is 2.60 bits per heavy atom. The second-order valence-corrected chi connectivity index (χ2v) is 9.67. The zero-order valence-corrected chi connectivity index (χ0v) is 22.2. The highest BCUT2D eigenvalue weighted by Crippen LogP contribution is 2.31. The molecule has 2 N–H and O–H groups in total. The molecule has 1 fully saturated rings. The lowest BCUT2D eigenvalue weighted by atomic mass is 9.80. The maximum absolute atomic E-state index is 14.6. The van der Waals surface area contributed by atoms with Crippen LogP contribution in [0.4, 0.5) is 17.6 Å². The standard InChI is InChI=1S/C28H29F4N5O3/c1-16-6-4-9-20(12-16)26-36-24(35-25(33-3)27(38)39)22(14-34-17(2)19-7-5-8-19)37(26)15-18-10-11-23(21(29)13-18)40-28(30,31)32/h4,6,9-14,17,19,34H,5,7-8,15H2,1-3H3,(H,38,39)/b22-14-,33-25-,35-24+/t17-/m1/s1. The smallest absolute Gasteiger partial charge is 0.475 e. The highest BCUT2D eigenvalue weighted by Gasteiger charge is 2.34. The van der Waals surface area contributed by atoms with Gasteiger partial charge in [0.25, 0.3) is 0 Å². The minimum Gasteiger partial charge on any atom is -0.475 e. The molecule has 8 nitrogen and oxygen atoms in total. The molecule has 1 aliphatic carbocycles. The third-order valence-electron chi connectivity index (χ3n) is 6.78. The third kappa shape index (κ3) is 6.85.